The van der Waals surface area contributed by atoms with Crippen molar-refractivity contribution in [2.45, 2.75) is 20.2 Å². The highest BCUT2D eigenvalue weighted by Gasteiger charge is 2.19. The van der Waals surface area contributed by atoms with Crippen LogP contribution in [0.1, 0.15) is 5.56 Å². The zero-order valence-electron chi connectivity index (χ0n) is 9.79. The Kier molecular flexibility index (Phi) is 4.12. The van der Waals surface area contributed by atoms with Gasteiger partial charge in [0.2, 0.25) is 10.0 Å². The van der Waals surface area contributed by atoms with E-state index in [9.17, 15) is 12.6 Å². The lowest BCUT2D eigenvalue weighted by atomic mass is 10.4. The van der Waals surface area contributed by atoms with Crippen LogP contribution in [0.4, 0.5) is 0 Å². The predicted molar refractivity (Wildman–Crippen MR) is 76.6 cm³/mol. The van der Waals surface area contributed by atoms with Crippen molar-refractivity contribution in [3.05, 3.63) is 40.9 Å². The van der Waals surface area contributed by atoms with E-state index in [1.165, 1.54) is 6.07 Å². The van der Waals surface area contributed by atoms with Crippen LogP contribution in [0.2, 0.25) is 5.02 Å². The lowest BCUT2D eigenvalue weighted by Gasteiger charge is -2.00. The van der Waals surface area contributed by atoms with Gasteiger partial charge < -0.3 is 0 Å². The van der Waals surface area contributed by atoms with Gasteiger partial charge in [-0.05, 0) is 42.8 Å². The molecule has 0 aliphatic heterocycles. The fourth-order valence-electron chi connectivity index (χ4n) is 1.43. The summed E-state index contributed by atoms with van der Waals surface area (Å²) < 4.78 is 35.4. The van der Waals surface area contributed by atoms with Gasteiger partial charge in [-0.1, -0.05) is 11.6 Å². The van der Waals surface area contributed by atoms with Crippen molar-refractivity contribution in [1.82, 2.24) is 0 Å². The van der Waals surface area contributed by atoms with E-state index >= 15 is 0 Å². The van der Waals surface area contributed by atoms with Crippen LogP contribution in [0, 0.1) is 6.92 Å². The van der Waals surface area contributed by atoms with Gasteiger partial charge >= 0.3 is 0 Å². The number of primary sulfonamides is 1. The zero-order valence-corrected chi connectivity index (χ0v) is 13.0. The molecule has 2 N–H and O–H groups in total. The first-order valence-corrected chi connectivity index (χ1v) is 8.98. The molecule has 0 amide bonds. The van der Waals surface area contributed by atoms with Crippen LogP contribution in [0.5, 0.6) is 0 Å². The Balaban J connectivity index is 2.45. The Hall–Kier alpha value is -0.730. The minimum absolute atomic E-state index is 0.0160. The maximum Gasteiger partial charge on any atom is 0.247 e. The number of rotatable bonds is 3. The quantitative estimate of drug-likeness (QED) is 0.936. The third-order valence-corrected chi connectivity index (χ3v) is 7.09. The van der Waals surface area contributed by atoms with Crippen molar-refractivity contribution in [3.8, 4) is 0 Å². The highest BCUT2D eigenvalue weighted by molar-refractivity contribution is 7.92. The summed E-state index contributed by atoms with van der Waals surface area (Å²) in [4.78, 5) is 0.565. The van der Waals surface area contributed by atoms with Crippen LogP contribution in [-0.2, 0) is 20.8 Å². The molecule has 1 atom stereocenters. The van der Waals surface area contributed by atoms with Crippen molar-refractivity contribution in [2.24, 2.45) is 5.14 Å². The van der Waals surface area contributed by atoms with E-state index in [2.05, 4.69) is 0 Å². The predicted octanol–water partition coefficient (Wildman–Crippen LogP) is 2.52. The Labute approximate surface area is 122 Å². The number of halogens is 1. The molecule has 0 saturated carbocycles. The number of benzene rings is 1. The normalized spacial score (nSPS) is 13.4. The Morgan fingerprint density at radius 3 is 2.32 bits per heavy atom. The van der Waals surface area contributed by atoms with Gasteiger partial charge in [0.1, 0.15) is 8.42 Å². The van der Waals surface area contributed by atoms with Crippen molar-refractivity contribution in [2.75, 3.05) is 0 Å². The fraction of sp³-hybridized carbons (Fsp3) is 0.0909. The molecule has 0 saturated heterocycles. The molecule has 1 heterocycles. The molecule has 0 bridgehead atoms. The van der Waals surface area contributed by atoms with Crippen LogP contribution in [0.15, 0.2) is 43.6 Å². The number of sulfonamides is 1. The minimum atomic E-state index is -3.76. The van der Waals surface area contributed by atoms with Gasteiger partial charge in [0.05, 0.1) is 10.8 Å². The largest absolute Gasteiger partial charge is 0.248 e. The Morgan fingerprint density at radius 1 is 1.26 bits per heavy atom. The van der Waals surface area contributed by atoms with Crippen LogP contribution < -0.4 is 5.14 Å². The molecule has 0 spiro atoms. The number of hydrogen-bond acceptors (Lipinski definition) is 4. The molecule has 0 aliphatic rings. The number of nitrogens with two attached hydrogens (primary N) is 1. The summed E-state index contributed by atoms with van der Waals surface area (Å²) in [6.45, 7) is 1.70. The molecule has 0 unspecified atom stereocenters. The summed E-state index contributed by atoms with van der Waals surface area (Å²) >= 11 is 6.69. The monoisotopic (exact) mass is 335 g/mol. The lowest BCUT2D eigenvalue weighted by Crippen LogP contribution is -2.09. The van der Waals surface area contributed by atoms with Crippen molar-refractivity contribution < 1.29 is 12.6 Å². The second kappa shape index (κ2) is 5.34. The smallest absolute Gasteiger partial charge is 0.247 e. The molecule has 19 heavy (non-hydrogen) atoms. The summed E-state index contributed by atoms with van der Waals surface area (Å²) in [6, 6.07) is 8.00. The van der Waals surface area contributed by atoms with Gasteiger partial charge in [0, 0.05) is 9.92 Å². The molecule has 1 aromatic heterocycles. The van der Waals surface area contributed by atoms with Gasteiger partial charge in [-0.15, -0.1) is 11.3 Å². The zero-order chi connectivity index (χ0) is 14.2. The summed E-state index contributed by atoms with van der Waals surface area (Å²) in [5.74, 6) is 0. The van der Waals surface area contributed by atoms with Gasteiger partial charge in [-0.25, -0.2) is 17.8 Å². The average Bonchev–Trinajstić information content (AvgIpc) is 2.71. The van der Waals surface area contributed by atoms with Crippen molar-refractivity contribution in [1.29, 1.82) is 0 Å². The standard InChI is InChI=1S/C11H10ClNO3S3/c1-7-6-10(19(13,15)16)17-11(7)18(14)9-4-2-8(12)3-5-9/h2-6H,1H3,(H2,13,15,16)/t18-/m1/s1. The van der Waals surface area contributed by atoms with Gasteiger partial charge in [0.25, 0.3) is 0 Å². The number of aryl methyl sites for hydroxylation is 1. The van der Waals surface area contributed by atoms with Gasteiger partial charge in [-0.3, -0.25) is 0 Å². The van der Waals surface area contributed by atoms with Crippen LogP contribution in [0.25, 0.3) is 0 Å². The van der Waals surface area contributed by atoms with E-state index < -0.39 is 20.8 Å². The first-order chi connectivity index (χ1) is 8.79. The van der Waals surface area contributed by atoms with E-state index in [0.29, 0.717) is 19.7 Å². The molecule has 102 valence electrons. The molecule has 4 nitrogen and oxygen atoms in total. The van der Waals surface area contributed by atoms with E-state index in [1.807, 2.05) is 0 Å². The second-order valence-corrected chi connectivity index (χ2v) is 8.76. The molecule has 2 aromatic rings. The summed E-state index contributed by atoms with van der Waals surface area (Å²) in [6.07, 6.45) is 0. The van der Waals surface area contributed by atoms with Gasteiger partial charge in [-0.2, -0.15) is 0 Å². The third-order valence-electron chi connectivity index (χ3n) is 2.33. The molecule has 2 rings (SSSR count). The molecule has 1 aromatic carbocycles. The molecule has 0 radical (unpaired) electrons. The Bertz CT molecular complexity index is 735. The van der Waals surface area contributed by atoms with Crippen molar-refractivity contribution >= 4 is 43.8 Å². The Morgan fingerprint density at radius 2 is 1.84 bits per heavy atom. The highest BCUT2D eigenvalue weighted by atomic mass is 35.5. The topological polar surface area (TPSA) is 77.2 Å². The van der Waals surface area contributed by atoms with Crippen LogP contribution in [-0.4, -0.2) is 12.6 Å². The minimum Gasteiger partial charge on any atom is -0.248 e. The molecule has 8 heteroatoms. The number of thiophene rings is 1. The summed E-state index contributed by atoms with van der Waals surface area (Å²) in [5, 5.41) is 5.61. The van der Waals surface area contributed by atoms with Crippen molar-refractivity contribution in [3.63, 3.8) is 0 Å². The lowest BCUT2D eigenvalue weighted by molar-refractivity contribution is 0.599. The molecule has 0 aliphatic carbocycles. The van der Waals surface area contributed by atoms with E-state index in [-0.39, 0.29) is 4.21 Å². The first kappa shape index (κ1) is 14.7. The maximum atomic E-state index is 12.4. The molecular formula is C11H10ClNO3S3. The van der Waals surface area contributed by atoms with Crippen LogP contribution >= 0.6 is 22.9 Å². The fourth-order valence-corrected chi connectivity index (χ4v) is 5.21. The highest BCUT2D eigenvalue weighted by Crippen LogP contribution is 2.31. The number of hydrogen-bond donors (Lipinski definition) is 1. The molecule has 0 fully saturated rings. The van der Waals surface area contributed by atoms with E-state index in [4.69, 9.17) is 16.7 Å². The summed E-state index contributed by atoms with van der Waals surface area (Å²) in [5.41, 5.74) is 0.641. The maximum absolute atomic E-state index is 12.4. The molecular weight excluding hydrogens is 326 g/mol. The van der Waals surface area contributed by atoms with Gasteiger partial charge in [0.15, 0.2) is 0 Å². The van der Waals surface area contributed by atoms with E-state index in [0.717, 1.165) is 11.3 Å². The second-order valence-electron chi connectivity index (χ2n) is 3.80. The summed E-state index contributed by atoms with van der Waals surface area (Å²) in [7, 11) is -5.20. The van der Waals surface area contributed by atoms with E-state index in [1.54, 1.807) is 31.2 Å². The van der Waals surface area contributed by atoms with Crippen LogP contribution in [0.3, 0.4) is 0 Å². The third kappa shape index (κ3) is 3.24. The SMILES string of the molecule is Cc1cc(S(N)(=O)=O)sc1[S@](=O)c1ccc(Cl)cc1. The first-order valence-electron chi connectivity index (χ1n) is 5.09. The average molecular weight is 336 g/mol.